The van der Waals surface area contributed by atoms with Crippen LogP contribution in [0.2, 0.25) is 5.02 Å². The second-order valence-corrected chi connectivity index (χ2v) is 6.54. The van der Waals surface area contributed by atoms with E-state index in [1.165, 1.54) is 18.6 Å². The first-order valence-corrected chi connectivity index (χ1v) is 8.76. The fourth-order valence-electron chi connectivity index (χ4n) is 1.98. The Morgan fingerprint density at radius 2 is 1.80 bits per heavy atom. The summed E-state index contributed by atoms with van der Waals surface area (Å²) >= 11 is 6.04. The lowest BCUT2D eigenvalue weighted by atomic mass is 10.3. The summed E-state index contributed by atoms with van der Waals surface area (Å²) in [7, 11) is -1.47. The fourth-order valence-corrected chi connectivity index (χ4v) is 3.09. The lowest BCUT2D eigenvalue weighted by Gasteiger charge is -2.09. The number of hydrogen-bond donors (Lipinski definition) is 2. The Hall–Kier alpha value is -2.77. The van der Waals surface area contributed by atoms with Gasteiger partial charge in [-0.15, -0.1) is 0 Å². The van der Waals surface area contributed by atoms with Gasteiger partial charge >= 0.3 is 0 Å². The van der Waals surface area contributed by atoms with Crippen molar-refractivity contribution in [3.63, 3.8) is 0 Å². The Bertz CT molecular complexity index is 904. The number of benzene rings is 2. The third-order valence-electron chi connectivity index (χ3n) is 3.20. The molecule has 0 saturated carbocycles. The Morgan fingerprint density at radius 3 is 2.48 bits per heavy atom. The molecular formula is C17H13ClN4O2S. The number of anilines is 2. The van der Waals surface area contributed by atoms with Crippen LogP contribution in [0.4, 0.5) is 11.4 Å². The van der Waals surface area contributed by atoms with Crippen LogP contribution in [0.15, 0.2) is 72.0 Å². The minimum atomic E-state index is -1.47. The molecule has 0 saturated heterocycles. The molecule has 1 aromatic heterocycles. The standard InChI is InChI=1S/C17H13ClN4O2S/c18-14-3-1-2-4-15(14)22-25(24)13-7-5-12(6-8-13)21-17(23)16-11-19-9-10-20-16/h1-11,22H,(H,21,23). The van der Waals surface area contributed by atoms with Gasteiger partial charge < -0.3 is 5.32 Å². The van der Waals surface area contributed by atoms with E-state index in [9.17, 15) is 9.00 Å². The Labute approximate surface area is 151 Å². The number of amides is 1. The van der Waals surface area contributed by atoms with Gasteiger partial charge in [0.2, 0.25) is 0 Å². The summed E-state index contributed by atoms with van der Waals surface area (Å²) in [6, 6.07) is 13.7. The van der Waals surface area contributed by atoms with Gasteiger partial charge in [-0.3, -0.25) is 14.5 Å². The van der Waals surface area contributed by atoms with Gasteiger partial charge in [0, 0.05) is 18.1 Å². The molecule has 0 aliphatic rings. The second kappa shape index (κ2) is 7.87. The van der Waals surface area contributed by atoms with Crippen LogP contribution in [0.5, 0.6) is 0 Å². The van der Waals surface area contributed by atoms with E-state index in [0.717, 1.165) is 0 Å². The molecule has 6 nitrogen and oxygen atoms in total. The molecule has 25 heavy (non-hydrogen) atoms. The van der Waals surface area contributed by atoms with Gasteiger partial charge in [-0.2, -0.15) is 0 Å². The van der Waals surface area contributed by atoms with Crippen LogP contribution < -0.4 is 10.0 Å². The van der Waals surface area contributed by atoms with Gasteiger partial charge in [0.1, 0.15) is 16.7 Å². The molecule has 126 valence electrons. The Kier molecular flexibility index (Phi) is 5.37. The second-order valence-electron chi connectivity index (χ2n) is 4.92. The van der Waals surface area contributed by atoms with Crippen molar-refractivity contribution in [2.24, 2.45) is 0 Å². The van der Waals surface area contributed by atoms with Gasteiger partial charge in [-0.05, 0) is 36.4 Å². The summed E-state index contributed by atoms with van der Waals surface area (Å²) in [5.41, 5.74) is 1.37. The molecule has 3 rings (SSSR count). The number of hydrogen-bond acceptors (Lipinski definition) is 4. The molecule has 0 aliphatic carbocycles. The van der Waals surface area contributed by atoms with E-state index < -0.39 is 11.0 Å². The molecule has 1 unspecified atom stereocenters. The number of aromatic nitrogens is 2. The summed E-state index contributed by atoms with van der Waals surface area (Å²) in [6.45, 7) is 0. The highest BCUT2D eigenvalue weighted by molar-refractivity contribution is 7.86. The van der Waals surface area contributed by atoms with Crippen molar-refractivity contribution in [2.45, 2.75) is 4.90 Å². The smallest absolute Gasteiger partial charge is 0.275 e. The lowest BCUT2D eigenvalue weighted by molar-refractivity contribution is 0.102. The summed E-state index contributed by atoms with van der Waals surface area (Å²) in [5, 5.41) is 3.19. The van der Waals surface area contributed by atoms with E-state index in [1.807, 2.05) is 0 Å². The highest BCUT2D eigenvalue weighted by Gasteiger charge is 2.09. The number of nitrogens with one attached hydrogen (secondary N) is 2. The largest absolute Gasteiger partial charge is 0.321 e. The van der Waals surface area contributed by atoms with Crippen LogP contribution in [0.25, 0.3) is 0 Å². The van der Waals surface area contributed by atoms with E-state index >= 15 is 0 Å². The molecule has 1 heterocycles. The Morgan fingerprint density at radius 1 is 1.04 bits per heavy atom. The molecule has 0 spiro atoms. The van der Waals surface area contributed by atoms with E-state index in [0.29, 0.717) is 21.3 Å². The van der Waals surface area contributed by atoms with Gasteiger partial charge in [-0.25, -0.2) is 9.19 Å². The fraction of sp³-hybridized carbons (Fsp3) is 0. The number of para-hydroxylation sites is 1. The maximum absolute atomic E-state index is 12.4. The molecule has 0 aliphatic heterocycles. The van der Waals surface area contributed by atoms with Crippen molar-refractivity contribution in [3.8, 4) is 0 Å². The summed E-state index contributed by atoms with van der Waals surface area (Å²) in [4.78, 5) is 20.3. The number of carbonyl (C=O) groups excluding carboxylic acids is 1. The van der Waals surface area contributed by atoms with Gasteiger partial charge in [0.25, 0.3) is 5.91 Å². The molecule has 0 radical (unpaired) electrons. The summed E-state index contributed by atoms with van der Waals surface area (Å²) < 4.78 is 15.2. The van der Waals surface area contributed by atoms with Crippen molar-refractivity contribution in [2.75, 3.05) is 10.0 Å². The zero-order chi connectivity index (χ0) is 17.6. The number of halogens is 1. The number of carbonyl (C=O) groups is 1. The highest BCUT2D eigenvalue weighted by atomic mass is 35.5. The zero-order valence-corrected chi connectivity index (χ0v) is 14.4. The van der Waals surface area contributed by atoms with E-state index in [4.69, 9.17) is 11.6 Å². The van der Waals surface area contributed by atoms with Crippen LogP contribution in [-0.2, 0) is 11.0 Å². The molecule has 2 aromatic carbocycles. The molecule has 0 bridgehead atoms. The first-order chi connectivity index (χ1) is 12.1. The lowest BCUT2D eigenvalue weighted by Crippen LogP contribution is -2.13. The molecular weight excluding hydrogens is 360 g/mol. The van der Waals surface area contributed by atoms with Crippen molar-refractivity contribution < 1.29 is 9.00 Å². The van der Waals surface area contributed by atoms with Crippen molar-refractivity contribution in [1.29, 1.82) is 0 Å². The van der Waals surface area contributed by atoms with Gasteiger partial charge in [0.15, 0.2) is 0 Å². The predicted octanol–water partition coefficient (Wildman–Crippen LogP) is 3.52. The minimum absolute atomic E-state index is 0.218. The minimum Gasteiger partial charge on any atom is -0.321 e. The van der Waals surface area contributed by atoms with Crippen molar-refractivity contribution in [3.05, 3.63) is 77.8 Å². The summed E-state index contributed by atoms with van der Waals surface area (Å²) in [5.74, 6) is -0.365. The predicted molar refractivity (Wildman–Crippen MR) is 97.9 cm³/mol. The van der Waals surface area contributed by atoms with Crippen LogP contribution in [-0.4, -0.2) is 20.1 Å². The quantitative estimate of drug-likeness (QED) is 0.717. The normalized spacial score (nSPS) is 11.6. The monoisotopic (exact) mass is 372 g/mol. The van der Waals surface area contributed by atoms with Crippen molar-refractivity contribution >= 4 is 39.9 Å². The zero-order valence-electron chi connectivity index (χ0n) is 12.8. The van der Waals surface area contributed by atoms with Gasteiger partial charge in [0.05, 0.1) is 21.8 Å². The molecule has 0 fully saturated rings. The SMILES string of the molecule is O=C(Nc1ccc(S(=O)Nc2ccccc2Cl)cc1)c1cnccn1. The van der Waals surface area contributed by atoms with Crippen LogP contribution in [0.3, 0.4) is 0 Å². The van der Waals surface area contributed by atoms with E-state index in [1.54, 1.807) is 48.5 Å². The average Bonchev–Trinajstić information content (AvgIpc) is 2.65. The number of nitrogens with zero attached hydrogens (tertiary/aromatic N) is 2. The molecule has 1 amide bonds. The highest BCUT2D eigenvalue weighted by Crippen LogP contribution is 2.23. The van der Waals surface area contributed by atoms with Crippen molar-refractivity contribution in [1.82, 2.24) is 9.97 Å². The third kappa shape index (κ3) is 4.40. The summed E-state index contributed by atoms with van der Waals surface area (Å²) in [6.07, 6.45) is 4.32. The Balaban J connectivity index is 1.67. The first-order valence-electron chi connectivity index (χ1n) is 7.24. The average molecular weight is 373 g/mol. The van der Waals surface area contributed by atoms with Crippen LogP contribution in [0, 0.1) is 0 Å². The molecule has 2 N–H and O–H groups in total. The maximum atomic E-state index is 12.4. The van der Waals surface area contributed by atoms with Crippen LogP contribution >= 0.6 is 11.6 Å². The molecule has 3 aromatic rings. The molecule has 1 atom stereocenters. The first kappa shape index (κ1) is 17.1. The van der Waals surface area contributed by atoms with E-state index in [2.05, 4.69) is 20.0 Å². The van der Waals surface area contributed by atoms with E-state index in [-0.39, 0.29) is 11.6 Å². The third-order valence-corrected chi connectivity index (χ3v) is 4.63. The molecule has 8 heteroatoms. The maximum Gasteiger partial charge on any atom is 0.275 e. The number of rotatable bonds is 5. The van der Waals surface area contributed by atoms with Gasteiger partial charge in [-0.1, -0.05) is 23.7 Å². The topological polar surface area (TPSA) is 84.0 Å². The van der Waals surface area contributed by atoms with Crippen LogP contribution in [0.1, 0.15) is 10.5 Å².